The van der Waals surface area contributed by atoms with Crippen molar-refractivity contribution < 1.29 is 21.9 Å². The van der Waals surface area contributed by atoms with Gasteiger partial charge in [-0.3, -0.25) is 0 Å². The Bertz CT molecular complexity index is 596. The molecule has 0 atom stereocenters. The fourth-order valence-electron chi connectivity index (χ4n) is 1.37. The molecule has 0 fully saturated rings. The molecule has 1 aromatic rings. The van der Waals surface area contributed by atoms with E-state index in [2.05, 4.69) is 4.74 Å². The van der Waals surface area contributed by atoms with Crippen LogP contribution in [-0.2, 0) is 15.5 Å². The molecule has 0 radical (unpaired) electrons. The molecule has 0 aliphatic rings. The van der Waals surface area contributed by atoms with Crippen LogP contribution in [0.3, 0.4) is 0 Å². The van der Waals surface area contributed by atoms with Gasteiger partial charge in [0.15, 0.2) is 0 Å². The topological polar surface area (TPSA) is 67.2 Å². The van der Waals surface area contributed by atoms with Gasteiger partial charge in [-0.1, -0.05) is 6.92 Å². The van der Waals surface area contributed by atoms with E-state index in [1.54, 1.807) is 13.0 Å². The normalized spacial score (nSPS) is 11.3. The first kappa shape index (κ1) is 14.7. The van der Waals surface area contributed by atoms with Gasteiger partial charge in [-0.25, -0.2) is 8.42 Å². The van der Waals surface area contributed by atoms with Crippen molar-refractivity contribution in [2.75, 3.05) is 0 Å². The summed E-state index contributed by atoms with van der Waals surface area (Å²) in [6.45, 7) is -1.43. The summed E-state index contributed by atoms with van der Waals surface area (Å²) >= 11 is 0. The third kappa shape index (κ3) is 3.31. The predicted octanol–water partition coefficient (Wildman–Crippen LogP) is 2.65. The minimum absolute atomic E-state index is 0.229. The predicted molar refractivity (Wildman–Crippen MR) is 60.2 cm³/mol. The molecule has 0 amide bonds. The zero-order valence-electron chi connectivity index (χ0n) is 9.15. The van der Waals surface area contributed by atoms with Gasteiger partial charge in [0.1, 0.15) is 16.7 Å². The second-order valence-corrected chi connectivity index (χ2v) is 5.77. The largest absolute Gasteiger partial charge is 0.434 e. The molecular formula is C10H8ClF2NO3S. The number of aryl methyl sites for hydroxylation is 1. The van der Waals surface area contributed by atoms with Gasteiger partial charge in [0.25, 0.3) is 9.05 Å². The summed E-state index contributed by atoms with van der Waals surface area (Å²) in [7, 11) is 1.04. The fraction of sp³-hybridized carbons (Fsp3) is 0.300. The smallest absolute Gasteiger partial charge is 0.387 e. The maximum absolute atomic E-state index is 12.2. The van der Waals surface area contributed by atoms with Crippen LogP contribution in [0.1, 0.15) is 18.1 Å². The molecule has 0 saturated heterocycles. The number of nitriles is 1. The van der Waals surface area contributed by atoms with Crippen LogP contribution in [0, 0.1) is 11.3 Å². The van der Waals surface area contributed by atoms with Crippen molar-refractivity contribution in [3.8, 4) is 11.8 Å². The van der Waals surface area contributed by atoms with Crippen LogP contribution >= 0.6 is 10.7 Å². The Hall–Kier alpha value is -1.39. The molecule has 0 unspecified atom stereocenters. The summed E-state index contributed by atoms with van der Waals surface area (Å²) in [5.41, 5.74) is -0.105. The number of ether oxygens (including phenoxy) is 1. The summed E-state index contributed by atoms with van der Waals surface area (Å²) in [6.07, 6.45) is 0.257. The summed E-state index contributed by atoms with van der Waals surface area (Å²) in [4.78, 5) is -0.412. The molecular weight excluding hydrogens is 288 g/mol. The SMILES string of the molecule is CCc1cc(S(=O)(=O)Cl)c(C#N)cc1OC(F)F. The highest BCUT2D eigenvalue weighted by Crippen LogP contribution is 2.29. The molecule has 0 aliphatic carbocycles. The van der Waals surface area contributed by atoms with Crippen molar-refractivity contribution in [2.24, 2.45) is 0 Å². The Morgan fingerprint density at radius 1 is 1.50 bits per heavy atom. The molecule has 0 saturated carbocycles. The lowest BCUT2D eigenvalue weighted by Gasteiger charge is -2.11. The third-order valence-corrected chi connectivity index (χ3v) is 3.50. The summed E-state index contributed by atoms with van der Waals surface area (Å²) < 4.78 is 51.0. The van der Waals surface area contributed by atoms with Crippen LogP contribution < -0.4 is 4.74 Å². The number of hydrogen-bond donors (Lipinski definition) is 0. The highest BCUT2D eigenvalue weighted by atomic mass is 35.7. The lowest BCUT2D eigenvalue weighted by molar-refractivity contribution is -0.0504. The lowest BCUT2D eigenvalue weighted by atomic mass is 10.1. The molecule has 0 heterocycles. The van der Waals surface area contributed by atoms with Gasteiger partial charge >= 0.3 is 6.61 Å². The second-order valence-electron chi connectivity index (χ2n) is 3.24. The van der Waals surface area contributed by atoms with Crippen molar-refractivity contribution in [3.63, 3.8) is 0 Å². The lowest BCUT2D eigenvalue weighted by Crippen LogP contribution is -2.06. The van der Waals surface area contributed by atoms with Gasteiger partial charge < -0.3 is 4.74 Å². The van der Waals surface area contributed by atoms with Gasteiger partial charge in [0, 0.05) is 10.7 Å². The zero-order chi connectivity index (χ0) is 13.9. The first-order valence-corrected chi connectivity index (χ1v) is 7.07. The Labute approximate surface area is 107 Å². The monoisotopic (exact) mass is 295 g/mol. The summed E-state index contributed by atoms with van der Waals surface area (Å²) in [5, 5.41) is 8.79. The Balaban J connectivity index is 3.48. The molecule has 1 aromatic carbocycles. The van der Waals surface area contributed by atoms with Gasteiger partial charge in [-0.05, 0) is 24.1 Å². The van der Waals surface area contributed by atoms with Crippen LogP contribution in [-0.4, -0.2) is 15.0 Å². The molecule has 8 heteroatoms. The standard InChI is InChI=1S/C10H8ClF2NO3S/c1-2-6-4-9(18(11,15)16)7(5-14)3-8(6)17-10(12)13/h3-4,10H,2H2,1H3. The van der Waals surface area contributed by atoms with Crippen molar-refractivity contribution in [3.05, 3.63) is 23.3 Å². The summed E-state index contributed by atoms with van der Waals surface area (Å²) in [5.74, 6) is -0.229. The van der Waals surface area contributed by atoms with Crippen LogP contribution in [0.15, 0.2) is 17.0 Å². The van der Waals surface area contributed by atoms with E-state index in [1.807, 2.05) is 0 Å². The fourth-order valence-corrected chi connectivity index (χ4v) is 2.41. The number of rotatable bonds is 4. The molecule has 0 spiro atoms. The Kier molecular flexibility index (Phi) is 4.48. The summed E-state index contributed by atoms with van der Waals surface area (Å²) in [6, 6.07) is 3.59. The van der Waals surface area contributed by atoms with E-state index in [0.717, 1.165) is 12.1 Å². The minimum atomic E-state index is -4.12. The molecule has 4 nitrogen and oxygen atoms in total. The average Bonchev–Trinajstić information content (AvgIpc) is 2.26. The molecule has 18 heavy (non-hydrogen) atoms. The van der Waals surface area contributed by atoms with E-state index >= 15 is 0 Å². The highest BCUT2D eigenvalue weighted by Gasteiger charge is 2.20. The number of nitrogens with zero attached hydrogens (tertiary/aromatic N) is 1. The highest BCUT2D eigenvalue weighted by molar-refractivity contribution is 8.13. The number of hydrogen-bond acceptors (Lipinski definition) is 4. The van der Waals surface area contributed by atoms with Crippen LogP contribution in [0.5, 0.6) is 5.75 Å². The van der Waals surface area contributed by atoms with Crippen LogP contribution in [0.4, 0.5) is 8.78 Å². The molecule has 0 bridgehead atoms. The van der Waals surface area contributed by atoms with Gasteiger partial charge in [-0.15, -0.1) is 0 Å². The second kappa shape index (κ2) is 5.50. The Morgan fingerprint density at radius 3 is 2.50 bits per heavy atom. The first-order valence-electron chi connectivity index (χ1n) is 4.76. The van der Waals surface area contributed by atoms with E-state index in [0.29, 0.717) is 0 Å². The average molecular weight is 296 g/mol. The number of halogens is 3. The van der Waals surface area contributed by atoms with Crippen molar-refractivity contribution in [2.45, 2.75) is 24.9 Å². The van der Waals surface area contributed by atoms with E-state index in [4.69, 9.17) is 15.9 Å². The van der Waals surface area contributed by atoms with Crippen LogP contribution in [0.25, 0.3) is 0 Å². The molecule has 98 valence electrons. The maximum Gasteiger partial charge on any atom is 0.387 e. The van der Waals surface area contributed by atoms with Gasteiger partial charge in [-0.2, -0.15) is 14.0 Å². The molecule has 0 N–H and O–H groups in total. The minimum Gasteiger partial charge on any atom is -0.434 e. The number of benzene rings is 1. The Morgan fingerprint density at radius 2 is 2.11 bits per heavy atom. The van der Waals surface area contributed by atoms with Crippen molar-refractivity contribution in [1.29, 1.82) is 5.26 Å². The quantitative estimate of drug-likeness (QED) is 0.801. The zero-order valence-corrected chi connectivity index (χ0v) is 10.7. The van der Waals surface area contributed by atoms with E-state index in [-0.39, 0.29) is 23.3 Å². The first-order chi connectivity index (χ1) is 8.29. The van der Waals surface area contributed by atoms with Crippen LogP contribution in [0.2, 0.25) is 0 Å². The van der Waals surface area contributed by atoms with E-state index in [9.17, 15) is 17.2 Å². The maximum atomic E-state index is 12.2. The molecule has 0 aromatic heterocycles. The van der Waals surface area contributed by atoms with Crippen molar-refractivity contribution in [1.82, 2.24) is 0 Å². The molecule has 1 rings (SSSR count). The van der Waals surface area contributed by atoms with E-state index < -0.39 is 20.6 Å². The van der Waals surface area contributed by atoms with Gasteiger partial charge in [0.05, 0.1) is 5.56 Å². The molecule has 0 aliphatic heterocycles. The number of alkyl halides is 2. The van der Waals surface area contributed by atoms with Crippen molar-refractivity contribution >= 4 is 19.7 Å². The van der Waals surface area contributed by atoms with E-state index in [1.165, 1.54) is 0 Å². The van der Waals surface area contributed by atoms with Gasteiger partial charge in [0.2, 0.25) is 0 Å². The third-order valence-electron chi connectivity index (χ3n) is 2.14.